The standard InChI is InChI=1S/C22H14ClFN2OS/c23-14-7-10-20-18(11-14)25-19(13-5-8-15(24)9-6-13)12-22(28-20)16-3-1-2-4-17(16)26-21(22)27/h1-12,25H,(H,26,27)/t22-/m0/s1. The van der Waals surface area contributed by atoms with Crippen molar-refractivity contribution in [2.45, 2.75) is 9.64 Å². The van der Waals surface area contributed by atoms with E-state index < -0.39 is 4.75 Å². The highest BCUT2D eigenvalue weighted by atomic mass is 35.5. The Morgan fingerprint density at radius 3 is 2.54 bits per heavy atom. The van der Waals surface area contributed by atoms with E-state index in [-0.39, 0.29) is 11.7 Å². The topological polar surface area (TPSA) is 41.1 Å². The fourth-order valence-electron chi connectivity index (χ4n) is 3.56. The summed E-state index contributed by atoms with van der Waals surface area (Å²) in [4.78, 5) is 14.1. The molecule has 1 amide bonds. The molecule has 0 fully saturated rings. The lowest BCUT2D eigenvalue weighted by atomic mass is 9.96. The zero-order valence-corrected chi connectivity index (χ0v) is 16.1. The van der Waals surface area contributed by atoms with Crippen LogP contribution in [0.25, 0.3) is 5.70 Å². The van der Waals surface area contributed by atoms with E-state index in [1.54, 1.807) is 12.1 Å². The first kappa shape index (κ1) is 17.3. The van der Waals surface area contributed by atoms with E-state index in [0.717, 1.165) is 33.1 Å². The number of fused-ring (bicyclic) bond motifs is 3. The summed E-state index contributed by atoms with van der Waals surface area (Å²) in [6.07, 6.45) is 1.92. The molecule has 138 valence electrons. The van der Waals surface area contributed by atoms with Gasteiger partial charge in [0.15, 0.2) is 0 Å². The van der Waals surface area contributed by atoms with E-state index in [9.17, 15) is 9.18 Å². The van der Waals surface area contributed by atoms with Gasteiger partial charge in [0.1, 0.15) is 10.6 Å². The van der Waals surface area contributed by atoms with Crippen LogP contribution in [-0.4, -0.2) is 5.91 Å². The number of rotatable bonds is 1. The number of thioether (sulfide) groups is 1. The smallest absolute Gasteiger partial charge is 0.249 e. The summed E-state index contributed by atoms with van der Waals surface area (Å²) >= 11 is 7.67. The van der Waals surface area contributed by atoms with Gasteiger partial charge in [0.05, 0.1) is 5.69 Å². The number of carbonyl (C=O) groups is 1. The Labute approximate surface area is 170 Å². The molecule has 1 spiro atoms. The molecule has 2 aliphatic heterocycles. The fraction of sp³-hybridized carbons (Fsp3) is 0.0455. The largest absolute Gasteiger partial charge is 0.354 e. The molecule has 1 atom stereocenters. The lowest BCUT2D eigenvalue weighted by Crippen LogP contribution is -2.29. The third kappa shape index (κ3) is 2.70. The number of para-hydroxylation sites is 1. The predicted octanol–water partition coefficient (Wildman–Crippen LogP) is 5.89. The third-order valence-corrected chi connectivity index (χ3v) is 6.55. The number of hydrogen-bond donors (Lipinski definition) is 2. The normalized spacial score (nSPS) is 19.9. The zero-order valence-electron chi connectivity index (χ0n) is 14.5. The van der Waals surface area contributed by atoms with Gasteiger partial charge in [-0.05, 0) is 48.0 Å². The maximum absolute atomic E-state index is 13.5. The first-order chi connectivity index (χ1) is 13.5. The van der Waals surface area contributed by atoms with Crippen LogP contribution in [0, 0.1) is 5.82 Å². The average molecular weight is 409 g/mol. The van der Waals surface area contributed by atoms with Gasteiger partial charge in [-0.2, -0.15) is 0 Å². The van der Waals surface area contributed by atoms with Gasteiger partial charge in [-0.1, -0.05) is 53.7 Å². The second kappa shape index (κ2) is 6.40. The molecule has 0 aromatic heterocycles. The minimum Gasteiger partial charge on any atom is -0.354 e. The van der Waals surface area contributed by atoms with Gasteiger partial charge in [0.2, 0.25) is 5.91 Å². The molecule has 0 radical (unpaired) electrons. The lowest BCUT2D eigenvalue weighted by Gasteiger charge is -2.22. The Morgan fingerprint density at radius 1 is 0.929 bits per heavy atom. The first-order valence-electron chi connectivity index (χ1n) is 8.70. The summed E-state index contributed by atoms with van der Waals surface area (Å²) in [7, 11) is 0. The SMILES string of the molecule is O=C1Nc2ccccc2[C@@]12C=C(c1ccc(F)cc1)Nc1cc(Cl)ccc1S2. The molecule has 3 nitrogen and oxygen atoms in total. The lowest BCUT2D eigenvalue weighted by molar-refractivity contribution is -0.116. The quantitative estimate of drug-likeness (QED) is 0.527. The Bertz CT molecular complexity index is 1150. The summed E-state index contributed by atoms with van der Waals surface area (Å²) in [6.45, 7) is 0. The van der Waals surface area contributed by atoms with Gasteiger partial charge in [-0.3, -0.25) is 4.79 Å². The number of benzene rings is 3. The first-order valence-corrected chi connectivity index (χ1v) is 9.90. The fourth-order valence-corrected chi connectivity index (χ4v) is 5.04. The van der Waals surface area contributed by atoms with Crippen LogP contribution < -0.4 is 10.6 Å². The second-order valence-electron chi connectivity index (χ2n) is 6.67. The van der Waals surface area contributed by atoms with Gasteiger partial charge >= 0.3 is 0 Å². The molecule has 0 saturated heterocycles. The molecular formula is C22H14ClFN2OS. The van der Waals surface area contributed by atoms with Crippen molar-refractivity contribution < 1.29 is 9.18 Å². The van der Waals surface area contributed by atoms with E-state index in [1.807, 2.05) is 48.5 Å². The average Bonchev–Trinajstić information content (AvgIpc) is 2.84. The Hall–Kier alpha value is -2.76. The van der Waals surface area contributed by atoms with Gasteiger partial charge in [0, 0.05) is 26.9 Å². The maximum Gasteiger partial charge on any atom is 0.249 e. The molecule has 0 bridgehead atoms. The molecule has 0 aliphatic carbocycles. The van der Waals surface area contributed by atoms with Crippen LogP contribution in [0.2, 0.25) is 5.02 Å². The number of carbonyl (C=O) groups excluding carboxylic acids is 1. The van der Waals surface area contributed by atoms with Gasteiger partial charge < -0.3 is 10.6 Å². The molecule has 28 heavy (non-hydrogen) atoms. The van der Waals surface area contributed by atoms with E-state index in [1.165, 1.54) is 23.9 Å². The molecule has 3 aromatic carbocycles. The van der Waals surface area contributed by atoms with Gasteiger partial charge in [0.25, 0.3) is 0 Å². The molecular weight excluding hydrogens is 395 g/mol. The summed E-state index contributed by atoms with van der Waals surface area (Å²) in [5.41, 5.74) is 4.01. The molecule has 5 rings (SSSR count). The number of amides is 1. The number of anilines is 2. The van der Waals surface area contributed by atoms with Crippen LogP contribution in [0.4, 0.5) is 15.8 Å². The van der Waals surface area contributed by atoms with E-state index in [4.69, 9.17) is 11.6 Å². The summed E-state index contributed by atoms with van der Waals surface area (Å²) in [6, 6.07) is 19.4. The van der Waals surface area contributed by atoms with Crippen molar-refractivity contribution in [3.8, 4) is 0 Å². The minimum atomic E-state index is -0.938. The Morgan fingerprint density at radius 2 is 1.71 bits per heavy atom. The monoisotopic (exact) mass is 408 g/mol. The summed E-state index contributed by atoms with van der Waals surface area (Å²) in [5, 5.41) is 6.98. The molecule has 6 heteroatoms. The Balaban J connectivity index is 1.76. The number of halogens is 2. The van der Waals surface area contributed by atoms with Crippen molar-refractivity contribution in [1.82, 2.24) is 0 Å². The van der Waals surface area contributed by atoms with Crippen molar-refractivity contribution in [3.05, 3.63) is 94.8 Å². The molecule has 3 aromatic rings. The van der Waals surface area contributed by atoms with Crippen LogP contribution in [0.5, 0.6) is 0 Å². The summed E-state index contributed by atoms with van der Waals surface area (Å²) < 4.78 is 12.5. The highest BCUT2D eigenvalue weighted by Crippen LogP contribution is 2.54. The van der Waals surface area contributed by atoms with Crippen LogP contribution >= 0.6 is 23.4 Å². The van der Waals surface area contributed by atoms with Crippen molar-refractivity contribution in [2.75, 3.05) is 10.6 Å². The molecule has 2 heterocycles. The number of hydrogen-bond acceptors (Lipinski definition) is 3. The van der Waals surface area contributed by atoms with Gasteiger partial charge in [-0.15, -0.1) is 0 Å². The van der Waals surface area contributed by atoms with E-state index in [2.05, 4.69) is 10.6 Å². The van der Waals surface area contributed by atoms with Crippen molar-refractivity contribution in [3.63, 3.8) is 0 Å². The number of nitrogens with one attached hydrogen (secondary N) is 2. The molecule has 2 N–H and O–H groups in total. The molecule has 0 unspecified atom stereocenters. The highest BCUT2D eigenvalue weighted by Gasteiger charge is 2.48. The second-order valence-corrected chi connectivity index (χ2v) is 8.39. The predicted molar refractivity (Wildman–Crippen MR) is 112 cm³/mol. The molecule has 0 saturated carbocycles. The Kier molecular flexibility index (Phi) is 3.96. The third-order valence-electron chi connectivity index (χ3n) is 4.90. The van der Waals surface area contributed by atoms with Crippen LogP contribution in [0.1, 0.15) is 11.1 Å². The maximum atomic E-state index is 13.5. The van der Waals surface area contributed by atoms with Crippen LogP contribution in [-0.2, 0) is 9.54 Å². The van der Waals surface area contributed by atoms with Crippen molar-refractivity contribution in [1.29, 1.82) is 0 Å². The molecule has 2 aliphatic rings. The van der Waals surface area contributed by atoms with Crippen LogP contribution in [0.15, 0.2) is 77.7 Å². The highest BCUT2D eigenvalue weighted by molar-refractivity contribution is 8.01. The van der Waals surface area contributed by atoms with Crippen molar-refractivity contribution in [2.24, 2.45) is 0 Å². The van der Waals surface area contributed by atoms with E-state index in [0.29, 0.717) is 5.02 Å². The minimum absolute atomic E-state index is 0.108. The van der Waals surface area contributed by atoms with E-state index >= 15 is 0 Å². The summed E-state index contributed by atoms with van der Waals surface area (Å²) in [5.74, 6) is -0.419. The van der Waals surface area contributed by atoms with Gasteiger partial charge in [-0.25, -0.2) is 4.39 Å². The van der Waals surface area contributed by atoms with Crippen molar-refractivity contribution >= 4 is 46.3 Å². The zero-order chi connectivity index (χ0) is 19.3. The van der Waals surface area contributed by atoms with Crippen LogP contribution in [0.3, 0.4) is 0 Å².